The van der Waals surface area contributed by atoms with Crippen LogP contribution in [0.1, 0.15) is 5.56 Å². The number of benzene rings is 1. The summed E-state index contributed by atoms with van der Waals surface area (Å²) in [5, 5.41) is 7.83. The third kappa shape index (κ3) is 3.10. The van der Waals surface area contributed by atoms with Crippen LogP contribution in [0.25, 0.3) is 0 Å². The molecule has 0 aliphatic heterocycles. The molecule has 0 unspecified atom stereocenters. The molecule has 0 aliphatic carbocycles. The van der Waals surface area contributed by atoms with Crippen LogP contribution < -0.4 is 5.43 Å². The lowest BCUT2D eigenvalue weighted by Gasteiger charge is -2.02. The minimum atomic E-state index is 0.379. The molecule has 0 bridgehead atoms. The van der Waals surface area contributed by atoms with Crippen LogP contribution in [0.3, 0.4) is 0 Å². The molecule has 0 atom stereocenters. The summed E-state index contributed by atoms with van der Waals surface area (Å²) in [5.41, 5.74) is 3.34. The van der Waals surface area contributed by atoms with Crippen LogP contribution in [0.2, 0.25) is 15.1 Å². The zero-order valence-corrected chi connectivity index (χ0v) is 11.4. The Morgan fingerprint density at radius 3 is 2.71 bits per heavy atom. The second kappa shape index (κ2) is 5.69. The highest BCUT2D eigenvalue weighted by Gasteiger charge is 2.07. The molecule has 1 aromatic heterocycles. The smallest absolute Gasteiger partial charge is 0.203 e. The van der Waals surface area contributed by atoms with Crippen LogP contribution in [-0.4, -0.2) is 11.2 Å². The van der Waals surface area contributed by atoms with Crippen LogP contribution in [0.5, 0.6) is 0 Å². The molecule has 7 heteroatoms. The molecule has 0 saturated heterocycles. The van der Waals surface area contributed by atoms with Gasteiger partial charge in [0.2, 0.25) is 5.13 Å². The monoisotopic (exact) mass is 305 g/mol. The van der Waals surface area contributed by atoms with E-state index in [0.717, 1.165) is 0 Å². The van der Waals surface area contributed by atoms with E-state index >= 15 is 0 Å². The first-order chi connectivity index (χ1) is 8.18. The molecular formula is C10H6Cl3N3S. The van der Waals surface area contributed by atoms with E-state index in [0.29, 0.717) is 25.8 Å². The van der Waals surface area contributed by atoms with Crippen LogP contribution in [0, 0.1) is 0 Å². The maximum Gasteiger partial charge on any atom is 0.203 e. The largest absolute Gasteiger partial charge is 0.253 e. The van der Waals surface area contributed by atoms with Crippen molar-refractivity contribution in [3.05, 3.63) is 44.3 Å². The van der Waals surface area contributed by atoms with E-state index in [2.05, 4.69) is 15.5 Å². The van der Waals surface area contributed by atoms with Crippen molar-refractivity contribution in [1.82, 2.24) is 4.98 Å². The van der Waals surface area contributed by atoms with Crippen LogP contribution >= 0.6 is 46.1 Å². The molecule has 0 spiro atoms. The summed E-state index contributed by atoms with van der Waals surface area (Å²) in [5.74, 6) is 0. The number of hydrogen-bond donors (Lipinski definition) is 1. The highest BCUT2D eigenvalue weighted by molar-refractivity contribution is 7.13. The second-order valence-electron chi connectivity index (χ2n) is 2.96. The second-order valence-corrected chi connectivity index (χ2v) is 5.05. The molecule has 1 heterocycles. The Labute approximate surface area is 117 Å². The van der Waals surface area contributed by atoms with Gasteiger partial charge in [-0.2, -0.15) is 5.10 Å². The van der Waals surface area contributed by atoms with Gasteiger partial charge in [0.1, 0.15) is 0 Å². The predicted octanol–water partition coefficient (Wildman–Crippen LogP) is 4.55. The SMILES string of the molecule is Clc1ccc(Cl)c(C=NNc2nccs2)c1Cl. The summed E-state index contributed by atoms with van der Waals surface area (Å²) < 4.78 is 0. The van der Waals surface area contributed by atoms with Gasteiger partial charge in [-0.15, -0.1) is 11.3 Å². The minimum absolute atomic E-state index is 0.379. The van der Waals surface area contributed by atoms with Gasteiger partial charge < -0.3 is 0 Å². The fourth-order valence-electron chi connectivity index (χ4n) is 1.09. The summed E-state index contributed by atoms with van der Waals surface area (Å²) in [4.78, 5) is 4.01. The maximum atomic E-state index is 6.01. The number of rotatable bonds is 3. The van der Waals surface area contributed by atoms with E-state index in [1.165, 1.54) is 17.6 Å². The highest BCUT2D eigenvalue weighted by Crippen LogP contribution is 2.30. The van der Waals surface area contributed by atoms with Crippen molar-refractivity contribution in [2.45, 2.75) is 0 Å². The van der Waals surface area contributed by atoms with E-state index < -0.39 is 0 Å². The first-order valence-electron chi connectivity index (χ1n) is 4.50. The van der Waals surface area contributed by atoms with Gasteiger partial charge >= 0.3 is 0 Å². The Hall–Kier alpha value is -0.810. The van der Waals surface area contributed by atoms with E-state index in [4.69, 9.17) is 34.8 Å². The lowest BCUT2D eigenvalue weighted by Crippen LogP contribution is -1.92. The lowest BCUT2D eigenvalue weighted by atomic mass is 10.2. The van der Waals surface area contributed by atoms with Crippen molar-refractivity contribution in [2.24, 2.45) is 5.10 Å². The molecule has 0 aliphatic rings. The zero-order valence-electron chi connectivity index (χ0n) is 8.32. The molecule has 2 aromatic rings. The Balaban J connectivity index is 2.18. The molecule has 88 valence electrons. The van der Waals surface area contributed by atoms with E-state index in [-0.39, 0.29) is 0 Å². The maximum absolute atomic E-state index is 6.01. The Kier molecular flexibility index (Phi) is 4.23. The number of hydrogen-bond acceptors (Lipinski definition) is 4. The summed E-state index contributed by atoms with van der Waals surface area (Å²) in [6.45, 7) is 0. The van der Waals surface area contributed by atoms with Crippen molar-refractivity contribution in [3.63, 3.8) is 0 Å². The van der Waals surface area contributed by atoms with Crippen molar-refractivity contribution >= 4 is 57.5 Å². The molecule has 2 rings (SSSR count). The fourth-order valence-corrected chi connectivity index (χ4v) is 2.20. The van der Waals surface area contributed by atoms with Gasteiger partial charge in [0.25, 0.3) is 0 Å². The van der Waals surface area contributed by atoms with Crippen LogP contribution in [-0.2, 0) is 0 Å². The Bertz CT molecular complexity index is 540. The van der Waals surface area contributed by atoms with Gasteiger partial charge in [0.15, 0.2) is 0 Å². The number of halogens is 3. The third-order valence-electron chi connectivity index (χ3n) is 1.87. The first-order valence-corrected chi connectivity index (χ1v) is 6.52. The first kappa shape index (κ1) is 12.6. The van der Waals surface area contributed by atoms with Crippen molar-refractivity contribution in [3.8, 4) is 0 Å². The normalized spacial score (nSPS) is 11.0. The van der Waals surface area contributed by atoms with Gasteiger partial charge in [-0.1, -0.05) is 34.8 Å². The quantitative estimate of drug-likeness (QED) is 0.513. The molecule has 0 fully saturated rings. The average Bonchev–Trinajstić information content (AvgIpc) is 2.81. The highest BCUT2D eigenvalue weighted by atomic mass is 35.5. The third-order valence-corrected chi connectivity index (χ3v) is 3.69. The molecule has 17 heavy (non-hydrogen) atoms. The van der Waals surface area contributed by atoms with Gasteiger partial charge in [-0.05, 0) is 12.1 Å². The van der Waals surface area contributed by atoms with Gasteiger partial charge in [-0.25, -0.2) is 4.98 Å². The molecule has 0 radical (unpaired) electrons. The Morgan fingerprint density at radius 1 is 1.24 bits per heavy atom. The van der Waals surface area contributed by atoms with Crippen LogP contribution in [0.4, 0.5) is 5.13 Å². The molecule has 1 aromatic carbocycles. The Morgan fingerprint density at radius 2 is 2.00 bits per heavy atom. The minimum Gasteiger partial charge on any atom is -0.253 e. The van der Waals surface area contributed by atoms with Gasteiger partial charge in [0.05, 0.1) is 21.3 Å². The van der Waals surface area contributed by atoms with Crippen molar-refractivity contribution in [2.75, 3.05) is 5.43 Å². The van der Waals surface area contributed by atoms with Crippen LogP contribution in [0.15, 0.2) is 28.8 Å². The molecule has 1 N–H and O–H groups in total. The summed E-state index contributed by atoms with van der Waals surface area (Å²) in [6, 6.07) is 3.30. The number of thiazole rings is 1. The number of anilines is 1. The van der Waals surface area contributed by atoms with E-state index in [1.54, 1.807) is 18.3 Å². The number of aromatic nitrogens is 1. The van der Waals surface area contributed by atoms with Crippen molar-refractivity contribution < 1.29 is 0 Å². The summed E-state index contributed by atoms with van der Waals surface area (Å²) >= 11 is 19.3. The fraction of sp³-hybridized carbons (Fsp3) is 0. The standard InChI is InChI=1S/C10H6Cl3N3S/c11-7-1-2-8(12)9(13)6(7)5-15-16-10-14-3-4-17-10/h1-5H,(H,14,16). The molecule has 0 amide bonds. The van der Waals surface area contributed by atoms with Gasteiger partial charge in [0, 0.05) is 17.1 Å². The lowest BCUT2D eigenvalue weighted by molar-refractivity contribution is 1.29. The van der Waals surface area contributed by atoms with E-state index in [1.807, 2.05) is 5.38 Å². The zero-order chi connectivity index (χ0) is 12.3. The number of hydrazone groups is 1. The average molecular weight is 307 g/mol. The van der Waals surface area contributed by atoms with Crippen molar-refractivity contribution in [1.29, 1.82) is 0 Å². The molecule has 0 saturated carbocycles. The van der Waals surface area contributed by atoms with E-state index in [9.17, 15) is 0 Å². The number of nitrogens with one attached hydrogen (secondary N) is 1. The summed E-state index contributed by atoms with van der Waals surface area (Å²) in [7, 11) is 0. The molecular weight excluding hydrogens is 301 g/mol. The van der Waals surface area contributed by atoms with Gasteiger partial charge in [-0.3, -0.25) is 5.43 Å². The topological polar surface area (TPSA) is 37.3 Å². The number of nitrogens with zero attached hydrogens (tertiary/aromatic N) is 2. The predicted molar refractivity (Wildman–Crippen MR) is 74.8 cm³/mol. The summed E-state index contributed by atoms with van der Waals surface area (Å²) in [6.07, 6.45) is 3.19. The molecule has 3 nitrogen and oxygen atoms in total.